The molecule has 1 atom stereocenters. The van der Waals surface area contributed by atoms with Crippen molar-refractivity contribution in [2.75, 3.05) is 64.3 Å². The second kappa shape index (κ2) is 11.4. The number of hydrogen-bond donors (Lipinski definition) is 1. The highest BCUT2D eigenvalue weighted by atomic mass is 127. The lowest BCUT2D eigenvalue weighted by Gasteiger charge is -2.36. The van der Waals surface area contributed by atoms with Gasteiger partial charge in [-0.15, -0.1) is 24.0 Å². The molecular weight excluding hydrogens is 473 g/mol. The molecule has 0 aromatic carbocycles. The summed E-state index contributed by atoms with van der Waals surface area (Å²) < 4.78 is 4.40. The summed E-state index contributed by atoms with van der Waals surface area (Å²) in [6.45, 7) is 12.9. The Kier molecular flexibility index (Phi) is 9.51. The van der Waals surface area contributed by atoms with Crippen molar-refractivity contribution in [2.24, 2.45) is 10.9 Å². The molecule has 2 saturated heterocycles. The van der Waals surface area contributed by atoms with E-state index in [2.05, 4.69) is 48.2 Å². The molecule has 0 saturated carbocycles. The first-order valence-corrected chi connectivity index (χ1v) is 10.7. The molecule has 1 N–H and O–H groups in total. The Balaban J connectivity index is 0.00000261. The second-order valence-electron chi connectivity index (χ2n) is 7.34. The molecule has 1 unspecified atom stereocenters. The van der Waals surface area contributed by atoms with Gasteiger partial charge in [-0.05, 0) is 25.3 Å². The van der Waals surface area contributed by atoms with Crippen LogP contribution in [-0.2, 0) is 6.42 Å². The molecule has 154 valence electrons. The highest BCUT2D eigenvalue weighted by Gasteiger charge is 2.22. The first kappa shape index (κ1) is 22.6. The fourth-order valence-electron chi connectivity index (χ4n) is 3.77. The van der Waals surface area contributed by atoms with Crippen molar-refractivity contribution in [2.45, 2.75) is 33.1 Å². The fraction of sp³-hybridized carbons (Fsp3) is 0.833. The maximum atomic E-state index is 4.61. The molecule has 3 heterocycles. The molecule has 27 heavy (non-hydrogen) atoms. The number of likely N-dealkylation sites (tertiary alicyclic amines) is 1. The summed E-state index contributed by atoms with van der Waals surface area (Å²) in [4.78, 5) is 16.4. The number of anilines is 1. The Morgan fingerprint density at radius 2 is 2.04 bits per heavy atom. The van der Waals surface area contributed by atoms with Gasteiger partial charge in [0.05, 0.1) is 0 Å². The van der Waals surface area contributed by atoms with E-state index in [0.29, 0.717) is 0 Å². The molecule has 0 radical (unpaired) electrons. The number of guanidine groups is 1. The lowest BCUT2D eigenvalue weighted by atomic mass is 10.0. The highest BCUT2D eigenvalue weighted by Crippen LogP contribution is 2.19. The van der Waals surface area contributed by atoms with E-state index >= 15 is 0 Å². The Hall–Kier alpha value is -0.680. The summed E-state index contributed by atoms with van der Waals surface area (Å²) in [7, 11) is 1.88. The zero-order chi connectivity index (χ0) is 18.4. The van der Waals surface area contributed by atoms with Crippen LogP contribution in [0.3, 0.4) is 0 Å². The molecule has 2 fully saturated rings. The molecule has 1 aromatic heterocycles. The van der Waals surface area contributed by atoms with Crippen molar-refractivity contribution < 1.29 is 0 Å². The van der Waals surface area contributed by atoms with Gasteiger partial charge in [0.25, 0.3) is 0 Å². The van der Waals surface area contributed by atoms with Crippen LogP contribution in [0.4, 0.5) is 5.13 Å². The van der Waals surface area contributed by atoms with E-state index in [9.17, 15) is 0 Å². The molecule has 1 aromatic rings. The van der Waals surface area contributed by atoms with Crippen molar-refractivity contribution in [1.82, 2.24) is 24.5 Å². The van der Waals surface area contributed by atoms with Gasteiger partial charge in [0.15, 0.2) is 5.96 Å². The predicted octanol–water partition coefficient (Wildman–Crippen LogP) is 2.15. The molecule has 0 amide bonds. The number of aromatic nitrogens is 2. The van der Waals surface area contributed by atoms with E-state index in [1.165, 1.54) is 37.5 Å². The third kappa shape index (κ3) is 6.42. The lowest BCUT2D eigenvalue weighted by Crippen LogP contribution is -2.53. The zero-order valence-electron chi connectivity index (χ0n) is 16.9. The maximum absolute atomic E-state index is 4.61. The van der Waals surface area contributed by atoms with Gasteiger partial charge in [-0.2, -0.15) is 4.37 Å². The molecule has 0 bridgehead atoms. The van der Waals surface area contributed by atoms with Crippen LogP contribution in [0.1, 0.15) is 32.5 Å². The predicted molar refractivity (Wildman–Crippen MR) is 125 cm³/mol. The van der Waals surface area contributed by atoms with E-state index in [1.807, 2.05) is 7.05 Å². The van der Waals surface area contributed by atoms with Gasteiger partial charge in [-0.25, -0.2) is 4.98 Å². The van der Waals surface area contributed by atoms with E-state index < -0.39 is 0 Å². The lowest BCUT2D eigenvalue weighted by molar-refractivity contribution is 0.186. The van der Waals surface area contributed by atoms with Crippen LogP contribution in [0.15, 0.2) is 4.99 Å². The van der Waals surface area contributed by atoms with Crippen LogP contribution < -0.4 is 10.2 Å². The van der Waals surface area contributed by atoms with Gasteiger partial charge in [0, 0.05) is 70.8 Å². The number of aliphatic imine (C=N–C) groups is 1. The number of piperidine rings is 1. The second-order valence-corrected chi connectivity index (χ2v) is 8.07. The summed E-state index contributed by atoms with van der Waals surface area (Å²) >= 11 is 1.52. The summed E-state index contributed by atoms with van der Waals surface area (Å²) in [6.07, 6.45) is 3.62. The molecule has 7 nitrogen and oxygen atoms in total. The number of rotatable bonds is 5. The Morgan fingerprint density at radius 3 is 2.67 bits per heavy atom. The van der Waals surface area contributed by atoms with Gasteiger partial charge < -0.3 is 20.0 Å². The van der Waals surface area contributed by atoms with Crippen molar-refractivity contribution >= 4 is 46.6 Å². The molecule has 0 spiro atoms. The van der Waals surface area contributed by atoms with Gasteiger partial charge in [-0.3, -0.25) is 4.99 Å². The van der Waals surface area contributed by atoms with Crippen LogP contribution in [0.25, 0.3) is 0 Å². The number of aryl methyl sites for hydroxylation is 1. The number of nitrogens with one attached hydrogen (secondary N) is 1. The minimum absolute atomic E-state index is 0. The van der Waals surface area contributed by atoms with E-state index in [1.54, 1.807) is 0 Å². The Bertz CT molecular complexity index is 586. The third-order valence-corrected chi connectivity index (χ3v) is 6.10. The first-order valence-electron chi connectivity index (χ1n) is 9.95. The molecule has 2 aliphatic heterocycles. The van der Waals surface area contributed by atoms with Crippen molar-refractivity contribution in [3.05, 3.63) is 5.82 Å². The van der Waals surface area contributed by atoms with Gasteiger partial charge in [-0.1, -0.05) is 13.8 Å². The van der Waals surface area contributed by atoms with Gasteiger partial charge in [0.1, 0.15) is 5.82 Å². The quantitative estimate of drug-likeness (QED) is 0.375. The maximum Gasteiger partial charge on any atom is 0.205 e. The molecule has 9 heteroatoms. The molecular formula is C18H34IN7S. The summed E-state index contributed by atoms with van der Waals surface area (Å²) in [6, 6.07) is 0. The molecule has 3 rings (SSSR count). The first-order chi connectivity index (χ1) is 12.7. The van der Waals surface area contributed by atoms with Crippen LogP contribution in [0.5, 0.6) is 0 Å². The van der Waals surface area contributed by atoms with E-state index in [0.717, 1.165) is 68.5 Å². The standard InChI is InChI=1S/C18H33N7S.HI/c1-4-16-21-18(26-22-16)25-12-10-24(11-13-25)17(19-3)20-7-9-23-8-5-6-15(2)14-23;/h15H,4-14H2,1-3H3,(H,19,20);1H. The fourth-order valence-corrected chi connectivity index (χ4v) is 4.58. The van der Waals surface area contributed by atoms with Crippen LogP contribution in [0, 0.1) is 5.92 Å². The minimum atomic E-state index is 0. The van der Waals surface area contributed by atoms with Crippen LogP contribution >= 0.6 is 35.5 Å². The highest BCUT2D eigenvalue weighted by molar-refractivity contribution is 14.0. The molecule has 0 aliphatic carbocycles. The Labute approximate surface area is 184 Å². The molecule has 2 aliphatic rings. The van der Waals surface area contributed by atoms with E-state index in [4.69, 9.17) is 0 Å². The topological polar surface area (TPSA) is 59.9 Å². The van der Waals surface area contributed by atoms with Gasteiger partial charge >= 0.3 is 0 Å². The Morgan fingerprint density at radius 1 is 1.26 bits per heavy atom. The summed E-state index contributed by atoms with van der Waals surface area (Å²) in [5.41, 5.74) is 0. The van der Waals surface area contributed by atoms with Gasteiger partial charge in [0.2, 0.25) is 5.13 Å². The normalized spacial score (nSPS) is 21.9. The van der Waals surface area contributed by atoms with Crippen molar-refractivity contribution in [1.29, 1.82) is 0 Å². The number of hydrogen-bond acceptors (Lipinski definition) is 6. The largest absolute Gasteiger partial charge is 0.355 e. The third-order valence-electron chi connectivity index (χ3n) is 5.29. The van der Waals surface area contributed by atoms with E-state index in [-0.39, 0.29) is 24.0 Å². The zero-order valence-corrected chi connectivity index (χ0v) is 20.0. The summed E-state index contributed by atoms with van der Waals surface area (Å²) in [5.74, 6) is 2.82. The van der Waals surface area contributed by atoms with Crippen molar-refractivity contribution in [3.8, 4) is 0 Å². The SMILES string of the molecule is CCc1nsc(N2CCN(C(=NC)NCCN3CCCC(C)C3)CC2)n1.I. The average molecular weight is 507 g/mol. The summed E-state index contributed by atoms with van der Waals surface area (Å²) in [5, 5.41) is 4.62. The number of nitrogens with zero attached hydrogens (tertiary/aromatic N) is 6. The average Bonchev–Trinajstić information content (AvgIpc) is 3.15. The van der Waals surface area contributed by atoms with Crippen LogP contribution in [0.2, 0.25) is 0 Å². The van der Waals surface area contributed by atoms with Crippen LogP contribution in [-0.4, -0.2) is 84.5 Å². The monoisotopic (exact) mass is 507 g/mol. The minimum Gasteiger partial charge on any atom is -0.355 e. The van der Waals surface area contributed by atoms with Crippen molar-refractivity contribution in [3.63, 3.8) is 0 Å². The number of halogens is 1. The smallest absolute Gasteiger partial charge is 0.205 e. The number of piperazine rings is 1.